The molecule has 0 saturated carbocycles. The molecule has 0 radical (unpaired) electrons. The molecule has 1 amide bonds. The summed E-state index contributed by atoms with van der Waals surface area (Å²) in [6.45, 7) is 6.68. The van der Waals surface area contributed by atoms with Crippen LogP contribution in [0.4, 0.5) is 0 Å². The molecule has 5 heteroatoms. The number of rotatable bonds is 4. The average molecular weight is 290 g/mol. The normalized spacial score (nSPS) is 12.0. The van der Waals surface area contributed by atoms with E-state index in [4.69, 9.17) is 0 Å². The zero-order valence-corrected chi connectivity index (χ0v) is 13.6. The molecule has 21 heavy (non-hydrogen) atoms. The maximum absolute atomic E-state index is 11.8. The van der Waals surface area contributed by atoms with E-state index in [1.807, 2.05) is 70.1 Å². The Labute approximate surface area is 127 Å². The summed E-state index contributed by atoms with van der Waals surface area (Å²) in [6, 6.07) is 10.0. The molecule has 0 bridgehead atoms. The molecule has 0 aromatic heterocycles. The topological polar surface area (TPSA) is 56.7 Å². The minimum absolute atomic E-state index is 0.0447. The number of guanidine groups is 1. The summed E-state index contributed by atoms with van der Waals surface area (Å²) < 4.78 is 0. The Morgan fingerprint density at radius 3 is 2.33 bits per heavy atom. The van der Waals surface area contributed by atoms with Crippen LogP contribution in [0.25, 0.3) is 0 Å². The zero-order valence-electron chi connectivity index (χ0n) is 13.6. The van der Waals surface area contributed by atoms with Gasteiger partial charge in [-0.3, -0.25) is 4.79 Å². The molecule has 1 aromatic carbocycles. The number of aliphatic imine (C=N–C) groups is 1. The Bertz CT molecular complexity index is 475. The van der Waals surface area contributed by atoms with E-state index < -0.39 is 0 Å². The molecular weight excluding hydrogens is 264 g/mol. The van der Waals surface area contributed by atoms with Gasteiger partial charge in [0, 0.05) is 19.6 Å². The molecule has 0 aliphatic carbocycles. The van der Waals surface area contributed by atoms with Crippen molar-refractivity contribution in [3.05, 3.63) is 35.9 Å². The van der Waals surface area contributed by atoms with Crippen molar-refractivity contribution in [2.24, 2.45) is 4.99 Å². The first kappa shape index (κ1) is 17.0. The summed E-state index contributed by atoms with van der Waals surface area (Å²) in [6.07, 6.45) is 0. The second-order valence-electron chi connectivity index (χ2n) is 6.17. The minimum atomic E-state index is -0.224. The van der Waals surface area contributed by atoms with Gasteiger partial charge in [-0.25, -0.2) is 4.99 Å². The monoisotopic (exact) mass is 290 g/mol. The number of hydrogen-bond donors (Lipinski definition) is 2. The lowest BCUT2D eigenvalue weighted by Gasteiger charge is -2.22. The quantitative estimate of drug-likeness (QED) is 0.654. The number of carbonyl (C=O) groups excluding carboxylic acids is 1. The van der Waals surface area contributed by atoms with Gasteiger partial charge in [-0.05, 0) is 26.3 Å². The third-order valence-electron chi connectivity index (χ3n) is 2.60. The maximum atomic E-state index is 11.8. The van der Waals surface area contributed by atoms with Crippen LogP contribution in [0.1, 0.15) is 26.3 Å². The van der Waals surface area contributed by atoms with E-state index in [1.165, 1.54) is 0 Å². The molecular formula is C16H26N4O. The number of carbonyl (C=O) groups is 1. The van der Waals surface area contributed by atoms with E-state index in [9.17, 15) is 4.79 Å². The fourth-order valence-corrected chi connectivity index (χ4v) is 1.73. The largest absolute Gasteiger partial charge is 0.350 e. The highest BCUT2D eigenvalue weighted by atomic mass is 16.2. The minimum Gasteiger partial charge on any atom is -0.350 e. The summed E-state index contributed by atoms with van der Waals surface area (Å²) in [7, 11) is 3.80. The Kier molecular flexibility index (Phi) is 6.21. The molecule has 1 rings (SSSR count). The lowest BCUT2D eigenvalue weighted by atomic mass is 10.1. The summed E-state index contributed by atoms with van der Waals surface area (Å²) in [5.41, 5.74) is 0.913. The SMILES string of the molecule is CN(C)C(=NCc1ccccc1)NCC(=O)NC(C)(C)C. The third-order valence-corrected chi connectivity index (χ3v) is 2.60. The molecule has 0 aliphatic heterocycles. The first-order valence-corrected chi connectivity index (χ1v) is 7.08. The first-order chi connectivity index (χ1) is 9.78. The van der Waals surface area contributed by atoms with Gasteiger partial charge in [0.25, 0.3) is 0 Å². The molecule has 0 atom stereocenters. The van der Waals surface area contributed by atoms with Crippen molar-refractivity contribution >= 4 is 11.9 Å². The molecule has 0 fully saturated rings. The van der Waals surface area contributed by atoms with Gasteiger partial charge in [-0.1, -0.05) is 30.3 Å². The van der Waals surface area contributed by atoms with Gasteiger partial charge < -0.3 is 15.5 Å². The first-order valence-electron chi connectivity index (χ1n) is 7.08. The Balaban J connectivity index is 2.56. The van der Waals surface area contributed by atoms with E-state index in [0.717, 1.165) is 5.56 Å². The van der Waals surface area contributed by atoms with Gasteiger partial charge >= 0.3 is 0 Å². The molecule has 116 valence electrons. The van der Waals surface area contributed by atoms with Crippen LogP contribution < -0.4 is 10.6 Å². The van der Waals surface area contributed by atoms with Crippen LogP contribution in [0.3, 0.4) is 0 Å². The van der Waals surface area contributed by atoms with Crippen molar-refractivity contribution in [2.45, 2.75) is 32.9 Å². The second kappa shape index (κ2) is 7.67. The van der Waals surface area contributed by atoms with E-state index in [0.29, 0.717) is 12.5 Å². The summed E-state index contributed by atoms with van der Waals surface area (Å²) in [5, 5.41) is 5.99. The van der Waals surface area contributed by atoms with E-state index in [1.54, 1.807) is 0 Å². The molecule has 0 aliphatic rings. The second-order valence-corrected chi connectivity index (χ2v) is 6.17. The van der Waals surface area contributed by atoms with Gasteiger partial charge in [0.15, 0.2) is 5.96 Å². The Hall–Kier alpha value is -2.04. The highest BCUT2D eigenvalue weighted by Crippen LogP contribution is 2.01. The van der Waals surface area contributed by atoms with Gasteiger partial charge in [-0.15, -0.1) is 0 Å². The van der Waals surface area contributed by atoms with Crippen LogP contribution in [-0.4, -0.2) is 42.9 Å². The fraction of sp³-hybridized carbons (Fsp3) is 0.500. The van der Waals surface area contributed by atoms with Crippen molar-refractivity contribution in [3.8, 4) is 0 Å². The van der Waals surface area contributed by atoms with Crippen LogP contribution >= 0.6 is 0 Å². The summed E-state index contributed by atoms with van der Waals surface area (Å²) >= 11 is 0. The number of amides is 1. The molecule has 0 unspecified atom stereocenters. The van der Waals surface area contributed by atoms with E-state index in [2.05, 4.69) is 15.6 Å². The number of nitrogens with zero attached hydrogens (tertiary/aromatic N) is 2. The van der Waals surface area contributed by atoms with E-state index in [-0.39, 0.29) is 18.0 Å². The van der Waals surface area contributed by atoms with Crippen molar-refractivity contribution in [1.29, 1.82) is 0 Å². The highest BCUT2D eigenvalue weighted by molar-refractivity contribution is 5.86. The molecule has 2 N–H and O–H groups in total. The molecule has 1 aromatic rings. The highest BCUT2D eigenvalue weighted by Gasteiger charge is 2.14. The lowest BCUT2D eigenvalue weighted by molar-refractivity contribution is -0.121. The lowest BCUT2D eigenvalue weighted by Crippen LogP contribution is -2.47. The van der Waals surface area contributed by atoms with Crippen LogP contribution in [0.15, 0.2) is 35.3 Å². The number of nitrogens with one attached hydrogen (secondary N) is 2. The van der Waals surface area contributed by atoms with Crippen molar-refractivity contribution in [2.75, 3.05) is 20.6 Å². The van der Waals surface area contributed by atoms with Gasteiger partial charge in [0.05, 0.1) is 13.1 Å². The van der Waals surface area contributed by atoms with Gasteiger partial charge in [-0.2, -0.15) is 0 Å². The Morgan fingerprint density at radius 2 is 1.81 bits per heavy atom. The zero-order chi connectivity index (χ0) is 15.9. The van der Waals surface area contributed by atoms with Crippen molar-refractivity contribution < 1.29 is 4.79 Å². The molecule has 0 heterocycles. The Morgan fingerprint density at radius 1 is 1.19 bits per heavy atom. The standard InChI is InChI=1S/C16H26N4O/c1-16(2,3)19-14(21)12-18-15(20(4)5)17-11-13-9-7-6-8-10-13/h6-10H,11-12H2,1-5H3,(H,17,18)(H,19,21). The number of hydrogen-bond acceptors (Lipinski definition) is 2. The van der Waals surface area contributed by atoms with Crippen LogP contribution in [0, 0.1) is 0 Å². The maximum Gasteiger partial charge on any atom is 0.239 e. The van der Waals surface area contributed by atoms with Crippen LogP contribution in [0.5, 0.6) is 0 Å². The predicted molar refractivity (Wildman–Crippen MR) is 87.2 cm³/mol. The van der Waals surface area contributed by atoms with Crippen LogP contribution in [-0.2, 0) is 11.3 Å². The third kappa shape index (κ3) is 7.34. The van der Waals surface area contributed by atoms with Crippen molar-refractivity contribution in [1.82, 2.24) is 15.5 Å². The van der Waals surface area contributed by atoms with E-state index >= 15 is 0 Å². The summed E-state index contributed by atoms with van der Waals surface area (Å²) in [5.74, 6) is 0.652. The molecule has 0 saturated heterocycles. The van der Waals surface area contributed by atoms with Crippen LogP contribution in [0.2, 0.25) is 0 Å². The molecule has 5 nitrogen and oxygen atoms in total. The summed E-state index contributed by atoms with van der Waals surface area (Å²) in [4.78, 5) is 18.2. The van der Waals surface area contributed by atoms with Crippen molar-refractivity contribution in [3.63, 3.8) is 0 Å². The smallest absolute Gasteiger partial charge is 0.239 e. The predicted octanol–water partition coefficient (Wildman–Crippen LogP) is 1.61. The number of benzene rings is 1. The van der Waals surface area contributed by atoms with Gasteiger partial charge in [0.1, 0.15) is 0 Å². The molecule has 0 spiro atoms. The average Bonchev–Trinajstić information content (AvgIpc) is 2.37. The van der Waals surface area contributed by atoms with Gasteiger partial charge in [0.2, 0.25) is 5.91 Å². The fourth-order valence-electron chi connectivity index (χ4n) is 1.73.